The largest absolute Gasteiger partial charge is 0.458 e. The first-order chi connectivity index (χ1) is 13.7. The van der Waals surface area contributed by atoms with Gasteiger partial charge < -0.3 is 14.2 Å². The summed E-state index contributed by atoms with van der Waals surface area (Å²) in [5.41, 5.74) is 2.10. The lowest BCUT2D eigenvalue weighted by atomic mass is 9.97. The number of rotatable bonds is 2. The van der Waals surface area contributed by atoms with E-state index in [1.165, 1.54) is 11.2 Å². The molecule has 0 bridgehead atoms. The van der Waals surface area contributed by atoms with Crippen molar-refractivity contribution < 1.29 is 28.6 Å². The summed E-state index contributed by atoms with van der Waals surface area (Å²) in [5, 5.41) is 0. The van der Waals surface area contributed by atoms with Gasteiger partial charge in [-0.2, -0.15) is 0 Å². The minimum absolute atomic E-state index is 0.241. The Kier molecular flexibility index (Phi) is 4.48. The molecule has 2 aliphatic heterocycles. The van der Waals surface area contributed by atoms with Gasteiger partial charge >= 0.3 is 12.1 Å². The molecule has 1 aromatic carbocycles. The molecule has 0 aromatic heterocycles. The van der Waals surface area contributed by atoms with Gasteiger partial charge in [-0.3, -0.25) is 4.79 Å². The summed E-state index contributed by atoms with van der Waals surface area (Å²) < 4.78 is 16.1. The molecular formula is C22H23NO6. The first kappa shape index (κ1) is 19.2. The van der Waals surface area contributed by atoms with E-state index in [9.17, 15) is 14.4 Å². The number of imide groups is 1. The summed E-state index contributed by atoms with van der Waals surface area (Å²) in [6.07, 6.45) is 1.93. The molecule has 1 aromatic rings. The summed E-state index contributed by atoms with van der Waals surface area (Å²) in [4.78, 5) is 38.7. The molecule has 29 heavy (non-hydrogen) atoms. The van der Waals surface area contributed by atoms with Gasteiger partial charge in [0, 0.05) is 17.6 Å². The number of esters is 1. The van der Waals surface area contributed by atoms with E-state index in [0.29, 0.717) is 17.6 Å². The summed E-state index contributed by atoms with van der Waals surface area (Å²) in [6, 6.07) is 7.31. The molecule has 2 amide bonds. The number of amides is 2. The molecule has 3 atom stereocenters. The zero-order valence-electron chi connectivity index (χ0n) is 16.8. The Balaban J connectivity index is 1.66. The number of carbonyl (C=O) groups excluding carboxylic acids is 3. The Morgan fingerprint density at radius 3 is 2.62 bits per heavy atom. The van der Waals surface area contributed by atoms with Gasteiger partial charge in [0.2, 0.25) is 0 Å². The summed E-state index contributed by atoms with van der Waals surface area (Å²) >= 11 is 0. The predicted molar refractivity (Wildman–Crippen MR) is 102 cm³/mol. The molecular weight excluding hydrogens is 374 g/mol. The first-order valence-corrected chi connectivity index (χ1v) is 9.55. The third-order valence-electron chi connectivity index (χ3n) is 5.19. The Hall–Kier alpha value is -3.09. The van der Waals surface area contributed by atoms with Gasteiger partial charge in [0.1, 0.15) is 5.60 Å². The van der Waals surface area contributed by atoms with E-state index in [1.807, 2.05) is 24.3 Å². The highest BCUT2D eigenvalue weighted by Gasteiger charge is 2.53. The molecule has 0 N–H and O–H groups in total. The van der Waals surface area contributed by atoms with Crippen LogP contribution in [0.3, 0.4) is 0 Å². The fourth-order valence-corrected chi connectivity index (χ4v) is 3.95. The Bertz CT molecular complexity index is 954. The average Bonchev–Trinajstić information content (AvgIpc) is 3.23. The molecule has 2 heterocycles. The summed E-state index contributed by atoms with van der Waals surface area (Å²) in [7, 11) is 0. The second kappa shape index (κ2) is 6.76. The van der Waals surface area contributed by atoms with Crippen molar-refractivity contribution in [1.29, 1.82) is 0 Å². The van der Waals surface area contributed by atoms with Crippen molar-refractivity contribution in [2.45, 2.75) is 52.0 Å². The first-order valence-electron chi connectivity index (χ1n) is 9.55. The number of carbonyl (C=O) groups is 3. The minimum Gasteiger partial charge on any atom is -0.458 e. The van der Waals surface area contributed by atoms with E-state index < -0.39 is 35.9 Å². The second-order valence-corrected chi connectivity index (χ2v) is 8.44. The van der Waals surface area contributed by atoms with Gasteiger partial charge in [-0.15, -0.1) is 0 Å². The zero-order valence-corrected chi connectivity index (χ0v) is 16.8. The van der Waals surface area contributed by atoms with Crippen molar-refractivity contribution in [3.8, 4) is 0 Å². The lowest BCUT2D eigenvalue weighted by molar-refractivity contribution is -0.152. The van der Waals surface area contributed by atoms with E-state index >= 15 is 0 Å². The molecule has 152 valence electrons. The van der Waals surface area contributed by atoms with Gasteiger partial charge in [-0.25, -0.2) is 14.5 Å². The number of benzene rings is 1. The van der Waals surface area contributed by atoms with Gasteiger partial charge in [0.05, 0.1) is 17.9 Å². The SMILES string of the molecule is CC1=CC(OC=C2C(=O)N(C(=O)OC(C)(C)C)C3c4ccccc4CC23)OC1=O. The van der Waals surface area contributed by atoms with Crippen LogP contribution < -0.4 is 0 Å². The molecule has 1 fully saturated rings. The van der Waals surface area contributed by atoms with Gasteiger partial charge in [0.25, 0.3) is 12.2 Å². The van der Waals surface area contributed by atoms with Gasteiger partial charge in [-0.05, 0) is 45.2 Å². The molecule has 4 rings (SSSR count). The number of hydrogen-bond donors (Lipinski definition) is 0. The predicted octanol–water partition coefficient (Wildman–Crippen LogP) is 3.41. The monoisotopic (exact) mass is 397 g/mol. The molecule has 3 aliphatic rings. The lowest BCUT2D eigenvalue weighted by Crippen LogP contribution is -2.39. The molecule has 7 nitrogen and oxygen atoms in total. The molecule has 7 heteroatoms. The van der Waals surface area contributed by atoms with Crippen LogP contribution in [0.4, 0.5) is 4.79 Å². The molecule has 1 aliphatic carbocycles. The van der Waals surface area contributed by atoms with E-state index in [2.05, 4.69) is 0 Å². The van der Waals surface area contributed by atoms with Crippen molar-refractivity contribution in [2.75, 3.05) is 0 Å². The number of fused-ring (bicyclic) bond motifs is 3. The van der Waals surface area contributed by atoms with Crippen molar-refractivity contribution in [3.05, 3.63) is 58.9 Å². The van der Waals surface area contributed by atoms with Crippen LogP contribution in [0, 0.1) is 5.92 Å². The molecule has 0 radical (unpaired) electrons. The van der Waals surface area contributed by atoms with Crippen LogP contribution in [-0.4, -0.2) is 34.8 Å². The number of ether oxygens (including phenoxy) is 3. The molecule has 0 saturated carbocycles. The van der Waals surface area contributed by atoms with Crippen LogP contribution in [0.15, 0.2) is 47.7 Å². The highest BCUT2D eigenvalue weighted by molar-refractivity contribution is 6.06. The Morgan fingerprint density at radius 2 is 1.97 bits per heavy atom. The smallest absolute Gasteiger partial charge is 0.417 e. The molecule has 1 saturated heterocycles. The molecule has 0 spiro atoms. The quantitative estimate of drug-likeness (QED) is 0.432. The van der Waals surface area contributed by atoms with Crippen LogP contribution in [0.5, 0.6) is 0 Å². The van der Waals surface area contributed by atoms with Crippen molar-refractivity contribution >= 4 is 18.0 Å². The fourth-order valence-electron chi connectivity index (χ4n) is 3.95. The third kappa shape index (κ3) is 3.41. The number of nitrogens with zero attached hydrogens (tertiary/aromatic N) is 1. The maximum absolute atomic E-state index is 13.1. The lowest BCUT2D eigenvalue weighted by Gasteiger charge is -2.27. The van der Waals surface area contributed by atoms with Crippen molar-refractivity contribution in [3.63, 3.8) is 0 Å². The molecule has 3 unspecified atom stereocenters. The average molecular weight is 397 g/mol. The van der Waals surface area contributed by atoms with E-state index in [0.717, 1.165) is 11.1 Å². The van der Waals surface area contributed by atoms with Crippen LogP contribution in [0.25, 0.3) is 0 Å². The highest BCUT2D eigenvalue weighted by Crippen LogP contribution is 2.50. The summed E-state index contributed by atoms with van der Waals surface area (Å²) in [6.45, 7) is 6.91. The van der Waals surface area contributed by atoms with E-state index in [4.69, 9.17) is 14.2 Å². The highest BCUT2D eigenvalue weighted by atomic mass is 16.7. The van der Waals surface area contributed by atoms with Crippen LogP contribution >= 0.6 is 0 Å². The van der Waals surface area contributed by atoms with Crippen LogP contribution in [0.2, 0.25) is 0 Å². The fraction of sp³-hybridized carbons (Fsp3) is 0.409. The number of likely N-dealkylation sites (tertiary alicyclic amines) is 1. The summed E-state index contributed by atoms with van der Waals surface area (Å²) in [5.74, 6) is -1.14. The number of hydrogen-bond acceptors (Lipinski definition) is 6. The minimum atomic E-state index is -0.874. The topological polar surface area (TPSA) is 82.1 Å². The Labute approximate surface area is 168 Å². The van der Waals surface area contributed by atoms with Crippen LogP contribution in [-0.2, 0) is 30.2 Å². The van der Waals surface area contributed by atoms with Gasteiger partial charge in [0.15, 0.2) is 0 Å². The zero-order chi connectivity index (χ0) is 20.9. The van der Waals surface area contributed by atoms with Gasteiger partial charge in [-0.1, -0.05) is 24.3 Å². The van der Waals surface area contributed by atoms with Crippen molar-refractivity contribution in [2.24, 2.45) is 5.92 Å². The second-order valence-electron chi connectivity index (χ2n) is 8.44. The maximum Gasteiger partial charge on any atom is 0.417 e. The maximum atomic E-state index is 13.1. The van der Waals surface area contributed by atoms with Crippen LogP contribution in [0.1, 0.15) is 44.9 Å². The standard InChI is InChI=1S/C22H23NO6/c1-12-9-17(28-20(12)25)27-11-16-15-10-13-7-5-6-8-14(13)18(15)23(19(16)24)21(26)29-22(2,3)4/h5-9,11,15,17-18H,10H2,1-4H3. The van der Waals surface area contributed by atoms with Crippen molar-refractivity contribution in [1.82, 2.24) is 4.90 Å². The van der Waals surface area contributed by atoms with E-state index in [1.54, 1.807) is 33.8 Å². The third-order valence-corrected chi connectivity index (χ3v) is 5.19. The van der Waals surface area contributed by atoms with E-state index in [-0.39, 0.29) is 5.92 Å². The Morgan fingerprint density at radius 1 is 1.24 bits per heavy atom. The number of cyclic esters (lactones) is 1. The normalized spacial score (nSPS) is 26.9.